The summed E-state index contributed by atoms with van der Waals surface area (Å²) in [6, 6.07) is 6.30. The molecular weight excluding hydrogens is 274 g/mol. The van der Waals surface area contributed by atoms with Crippen LogP contribution in [0.25, 0.3) is 0 Å². The number of hydrogen-bond acceptors (Lipinski definition) is 4. The summed E-state index contributed by atoms with van der Waals surface area (Å²) < 4.78 is 26.5. The summed E-state index contributed by atoms with van der Waals surface area (Å²) in [5, 5.41) is 0.239. The zero-order valence-corrected chi connectivity index (χ0v) is 11.0. The van der Waals surface area contributed by atoms with Crippen molar-refractivity contribution >= 4 is 27.4 Å². The van der Waals surface area contributed by atoms with Crippen molar-refractivity contribution in [3.8, 4) is 0 Å². The van der Waals surface area contributed by atoms with Crippen molar-refractivity contribution in [1.82, 2.24) is 9.97 Å². The van der Waals surface area contributed by atoms with E-state index in [0.29, 0.717) is 5.82 Å². The van der Waals surface area contributed by atoms with Gasteiger partial charge in [-0.15, -0.1) is 0 Å². The molecule has 2 rings (SSSR count). The van der Waals surface area contributed by atoms with E-state index in [2.05, 4.69) is 14.7 Å². The fourth-order valence-corrected chi connectivity index (χ4v) is 2.44. The second kappa shape index (κ2) is 4.91. The van der Waals surface area contributed by atoms with Crippen LogP contribution >= 0.6 is 11.6 Å². The number of hydrogen-bond donors (Lipinski definition) is 1. The first-order chi connectivity index (χ1) is 8.49. The van der Waals surface area contributed by atoms with E-state index in [0.717, 1.165) is 5.56 Å². The summed E-state index contributed by atoms with van der Waals surface area (Å²) in [7, 11) is -3.69. The van der Waals surface area contributed by atoms with Crippen LogP contribution in [-0.4, -0.2) is 18.4 Å². The van der Waals surface area contributed by atoms with Crippen molar-refractivity contribution in [1.29, 1.82) is 0 Å². The van der Waals surface area contributed by atoms with Gasteiger partial charge < -0.3 is 0 Å². The molecule has 94 valence electrons. The van der Waals surface area contributed by atoms with Gasteiger partial charge in [0, 0.05) is 12.4 Å². The lowest BCUT2D eigenvalue weighted by molar-refractivity contribution is 0.600. The van der Waals surface area contributed by atoms with Crippen molar-refractivity contribution in [2.24, 2.45) is 0 Å². The van der Waals surface area contributed by atoms with Gasteiger partial charge in [0.15, 0.2) is 0 Å². The zero-order valence-electron chi connectivity index (χ0n) is 9.46. The second-order valence-electron chi connectivity index (χ2n) is 3.59. The fourth-order valence-electron chi connectivity index (χ4n) is 1.30. The van der Waals surface area contributed by atoms with E-state index in [4.69, 9.17) is 11.6 Å². The molecule has 2 heterocycles. The molecule has 7 heteroatoms. The number of pyridine rings is 2. The van der Waals surface area contributed by atoms with Crippen molar-refractivity contribution in [3.05, 3.63) is 47.4 Å². The van der Waals surface area contributed by atoms with Gasteiger partial charge in [-0.05, 0) is 30.7 Å². The molecule has 0 unspecified atom stereocenters. The van der Waals surface area contributed by atoms with Gasteiger partial charge in [0.25, 0.3) is 10.0 Å². The molecule has 0 aliphatic rings. The van der Waals surface area contributed by atoms with Crippen LogP contribution in [0.1, 0.15) is 5.56 Å². The first kappa shape index (κ1) is 12.8. The minimum atomic E-state index is -3.69. The third-order valence-corrected chi connectivity index (χ3v) is 3.80. The molecule has 0 spiro atoms. The largest absolute Gasteiger partial charge is 0.264 e. The highest BCUT2D eigenvalue weighted by atomic mass is 35.5. The smallest absolute Gasteiger partial charge is 0.263 e. The van der Waals surface area contributed by atoms with E-state index in [9.17, 15) is 8.42 Å². The van der Waals surface area contributed by atoms with E-state index in [1.54, 1.807) is 19.1 Å². The molecule has 0 aliphatic heterocycles. The number of sulfonamides is 1. The molecule has 0 radical (unpaired) electrons. The van der Waals surface area contributed by atoms with E-state index >= 15 is 0 Å². The predicted octanol–water partition coefficient (Wildman–Crippen LogP) is 2.24. The molecule has 2 aromatic rings. The number of nitrogens with one attached hydrogen (secondary N) is 1. The van der Waals surface area contributed by atoms with E-state index in [1.807, 2.05) is 0 Å². The standard InChI is InChI=1S/C11H10ClN3O2S/c1-8-3-2-6-13-11(8)15-18(16,17)9-4-5-10(12)14-7-9/h2-7H,1H3,(H,13,15). The highest BCUT2D eigenvalue weighted by molar-refractivity contribution is 7.92. The van der Waals surface area contributed by atoms with Crippen molar-refractivity contribution < 1.29 is 8.42 Å². The molecule has 0 saturated carbocycles. The Morgan fingerprint density at radius 2 is 2.00 bits per heavy atom. The van der Waals surface area contributed by atoms with Crippen LogP contribution < -0.4 is 4.72 Å². The van der Waals surface area contributed by atoms with Gasteiger partial charge in [-0.2, -0.15) is 0 Å². The molecule has 1 N–H and O–H groups in total. The van der Waals surface area contributed by atoms with Gasteiger partial charge in [-0.3, -0.25) is 4.72 Å². The summed E-state index contributed by atoms with van der Waals surface area (Å²) in [6.45, 7) is 1.77. The maximum atomic E-state index is 12.0. The number of aromatic nitrogens is 2. The van der Waals surface area contributed by atoms with Crippen LogP contribution in [0, 0.1) is 6.92 Å². The molecule has 0 bridgehead atoms. The molecule has 5 nitrogen and oxygen atoms in total. The average molecular weight is 284 g/mol. The van der Waals surface area contributed by atoms with Crippen LogP contribution in [0.3, 0.4) is 0 Å². The summed E-state index contributed by atoms with van der Waals surface area (Å²) in [6.07, 6.45) is 2.72. The van der Waals surface area contributed by atoms with Gasteiger partial charge in [-0.25, -0.2) is 18.4 Å². The van der Waals surface area contributed by atoms with Crippen molar-refractivity contribution in [2.45, 2.75) is 11.8 Å². The quantitative estimate of drug-likeness (QED) is 0.877. The number of nitrogens with zero attached hydrogens (tertiary/aromatic N) is 2. The monoisotopic (exact) mass is 283 g/mol. The molecule has 0 amide bonds. The van der Waals surface area contributed by atoms with Crippen molar-refractivity contribution in [2.75, 3.05) is 4.72 Å². The number of halogens is 1. The topological polar surface area (TPSA) is 72.0 Å². The highest BCUT2D eigenvalue weighted by Crippen LogP contribution is 2.17. The van der Waals surface area contributed by atoms with Crippen LogP contribution in [0.4, 0.5) is 5.82 Å². The van der Waals surface area contributed by atoms with Gasteiger partial charge >= 0.3 is 0 Å². The summed E-state index contributed by atoms with van der Waals surface area (Å²) in [4.78, 5) is 7.74. The number of rotatable bonds is 3. The lowest BCUT2D eigenvalue weighted by atomic mass is 10.3. The van der Waals surface area contributed by atoms with E-state index in [-0.39, 0.29) is 10.0 Å². The molecule has 0 aromatic carbocycles. The first-order valence-corrected chi connectivity index (χ1v) is 6.91. The molecule has 18 heavy (non-hydrogen) atoms. The summed E-state index contributed by atoms with van der Waals surface area (Å²) in [5.41, 5.74) is 0.739. The van der Waals surface area contributed by atoms with Crippen LogP contribution in [0.5, 0.6) is 0 Å². The first-order valence-electron chi connectivity index (χ1n) is 5.05. The van der Waals surface area contributed by atoms with Crippen LogP contribution in [0.15, 0.2) is 41.6 Å². The molecule has 0 atom stereocenters. The normalized spacial score (nSPS) is 11.2. The number of aryl methyl sites for hydroxylation is 1. The van der Waals surface area contributed by atoms with E-state index in [1.165, 1.54) is 24.5 Å². The average Bonchev–Trinajstić information content (AvgIpc) is 2.32. The predicted molar refractivity (Wildman–Crippen MR) is 69.0 cm³/mol. The molecule has 0 aliphatic carbocycles. The minimum Gasteiger partial charge on any atom is -0.263 e. The van der Waals surface area contributed by atoms with Gasteiger partial charge in [0.2, 0.25) is 0 Å². The molecule has 0 saturated heterocycles. The van der Waals surface area contributed by atoms with E-state index < -0.39 is 10.0 Å². The third kappa shape index (κ3) is 2.77. The Morgan fingerprint density at radius 3 is 2.61 bits per heavy atom. The van der Waals surface area contributed by atoms with Gasteiger partial charge in [-0.1, -0.05) is 17.7 Å². The fraction of sp³-hybridized carbons (Fsp3) is 0.0909. The minimum absolute atomic E-state index is 0.0388. The van der Waals surface area contributed by atoms with Gasteiger partial charge in [0.1, 0.15) is 15.9 Å². The van der Waals surface area contributed by atoms with Crippen molar-refractivity contribution in [3.63, 3.8) is 0 Å². The summed E-state index contributed by atoms with van der Waals surface area (Å²) >= 11 is 5.61. The zero-order chi connectivity index (χ0) is 13.2. The molecule has 2 aromatic heterocycles. The lowest BCUT2D eigenvalue weighted by Gasteiger charge is -2.08. The molecular formula is C11H10ClN3O2S. The Kier molecular flexibility index (Phi) is 3.49. The number of anilines is 1. The Balaban J connectivity index is 2.33. The lowest BCUT2D eigenvalue weighted by Crippen LogP contribution is -2.14. The maximum Gasteiger partial charge on any atom is 0.264 e. The Labute approximate surface area is 110 Å². The Bertz CT molecular complexity index is 656. The summed E-state index contributed by atoms with van der Waals surface area (Å²) in [5.74, 6) is 0.299. The van der Waals surface area contributed by atoms with Crippen LogP contribution in [0.2, 0.25) is 5.15 Å². The Hall–Kier alpha value is -1.66. The molecule has 0 fully saturated rings. The highest BCUT2D eigenvalue weighted by Gasteiger charge is 2.16. The van der Waals surface area contributed by atoms with Crippen LogP contribution in [-0.2, 0) is 10.0 Å². The second-order valence-corrected chi connectivity index (χ2v) is 5.66. The van der Waals surface area contributed by atoms with Gasteiger partial charge in [0.05, 0.1) is 0 Å². The maximum absolute atomic E-state index is 12.0. The SMILES string of the molecule is Cc1cccnc1NS(=O)(=O)c1ccc(Cl)nc1. The Morgan fingerprint density at radius 1 is 1.22 bits per heavy atom. The third-order valence-electron chi connectivity index (χ3n) is 2.25.